The van der Waals surface area contributed by atoms with Crippen molar-refractivity contribution in [3.63, 3.8) is 0 Å². The second kappa shape index (κ2) is 7.05. The molecule has 0 bridgehead atoms. The average molecular weight is 381 g/mol. The lowest BCUT2D eigenvalue weighted by molar-refractivity contribution is 0.492. The van der Waals surface area contributed by atoms with Crippen LogP contribution in [0.3, 0.4) is 0 Å². The van der Waals surface area contributed by atoms with Crippen molar-refractivity contribution in [2.24, 2.45) is 12.8 Å². The Balaban J connectivity index is 1.92. The van der Waals surface area contributed by atoms with E-state index in [0.717, 1.165) is 19.4 Å². The average Bonchev–Trinajstić information content (AvgIpc) is 3.16. The summed E-state index contributed by atoms with van der Waals surface area (Å²) in [5.74, 6) is 0.635. The van der Waals surface area contributed by atoms with E-state index in [-0.39, 0.29) is 18.3 Å². The minimum atomic E-state index is -0.456. The van der Waals surface area contributed by atoms with Gasteiger partial charge in [0.2, 0.25) is 0 Å². The SMILES string of the molecule is Cn1c2ncnc-2c(N2CCC[C@@H](N)C2)n(Cc2cc(F)ccc2C#N)c1=O. The summed E-state index contributed by atoms with van der Waals surface area (Å²) < 4.78 is 16.8. The summed E-state index contributed by atoms with van der Waals surface area (Å²) in [4.78, 5) is 23.8. The third kappa shape index (κ3) is 3.01. The van der Waals surface area contributed by atoms with Crippen molar-refractivity contribution in [1.29, 1.82) is 5.26 Å². The fourth-order valence-corrected chi connectivity index (χ4v) is 3.79. The summed E-state index contributed by atoms with van der Waals surface area (Å²) in [6.07, 6.45) is 3.24. The fourth-order valence-electron chi connectivity index (χ4n) is 3.79. The molecular weight excluding hydrogens is 361 g/mol. The summed E-state index contributed by atoms with van der Waals surface area (Å²) >= 11 is 0. The Hall–Kier alpha value is -3.25. The van der Waals surface area contributed by atoms with E-state index < -0.39 is 5.82 Å². The van der Waals surface area contributed by atoms with Gasteiger partial charge in [-0.2, -0.15) is 5.26 Å². The number of halogens is 1. The minimum absolute atomic E-state index is 0.00642. The van der Waals surface area contributed by atoms with Crippen molar-refractivity contribution in [3.8, 4) is 17.6 Å². The number of fused-ring (bicyclic) bond motifs is 1. The van der Waals surface area contributed by atoms with E-state index in [9.17, 15) is 14.4 Å². The molecule has 0 amide bonds. The number of anilines is 1. The molecule has 0 aromatic heterocycles. The summed E-state index contributed by atoms with van der Waals surface area (Å²) in [5.41, 5.74) is 7.20. The van der Waals surface area contributed by atoms with Crippen LogP contribution in [0.4, 0.5) is 10.2 Å². The first-order valence-electron chi connectivity index (χ1n) is 9.09. The minimum Gasteiger partial charge on any atom is -0.354 e. The number of piperidine rings is 1. The quantitative estimate of drug-likeness (QED) is 0.727. The summed E-state index contributed by atoms with van der Waals surface area (Å²) in [5, 5.41) is 9.39. The van der Waals surface area contributed by atoms with Crippen molar-refractivity contribution in [3.05, 3.63) is 52.0 Å². The van der Waals surface area contributed by atoms with E-state index >= 15 is 0 Å². The van der Waals surface area contributed by atoms with Crippen LogP contribution in [0.25, 0.3) is 11.5 Å². The summed E-state index contributed by atoms with van der Waals surface area (Å²) in [6.45, 7) is 1.37. The molecule has 0 saturated carbocycles. The van der Waals surface area contributed by atoms with Crippen molar-refractivity contribution in [2.75, 3.05) is 18.0 Å². The zero-order valence-corrected chi connectivity index (χ0v) is 15.5. The van der Waals surface area contributed by atoms with Gasteiger partial charge in [-0.1, -0.05) is 0 Å². The van der Waals surface area contributed by atoms with Crippen molar-refractivity contribution >= 4 is 5.82 Å². The molecule has 0 aliphatic carbocycles. The van der Waals surface area contributed by atoms with Crippen LogP contribution in [0.2, 0.25) is 0 Å². The second-order valence-electron chi connectivity index (χ2n) is 7.06. The molecule has 4 rings (SSSR count). The van der Waals surface area contributed by atoms with Gasteiger partial charge >= 0.3 is 5.69 Å². The molecule has 28 heavy (non-hydrogen) atoms. The molecule has 1 aromatic carbocycles. The highest BCUT2D eigenvalue weighted by Gasteiger charge is 2.28. The van der Waals surface area contributed by atoms with Crippen LogP contribution < -0.4 is 16.3 Å². The molecule has 0 radical (unpaired) electrons. The Bertz CT molecular complexity index is 1100. The topological polar surface area (TPSA) is 106 Å². The molecule has 9 heteroatoms. The van der Waals surface area contributed by atoms with E-state index in [2.05, 4.69) is 16.0 Å². The normalized spacial score (nSPS) is 17.1. The van der Waals surface area contributed by atoms with Crippen LogP contribution >= 0.6 is 0 Å². The highest BCUT2D eigenvalue weighted by Crippen LogP contribution is 2.30. The molecule has 1 saturated heterocycles. The van der Waals surface area contributed by atoms with Crippen LogP contribution in [0.5, 0.6) is 0 Å². The van der Waals surface area contributed by atoms with Gasteiger partial charge in [0.15, 0.2) is 5.82 Å². The van der Waals surface area contributed by atoms with Crippen LogP contribution in [-0.2, 0) is 13.6 Å². The van der Waals surface area contributed by atoms with Gasteiger partial charge in [0.05, 0.1) is 18.2 Å². The Kier molecular flexibility index (Phi) is 4.57. The monoisotopic (exact) mass is 381 g/mol. The predicted molar refractivity (Wildman–Crippen MR) is 102 cm³/mol. The summed E-state index contributed by atoms with van der Waals surface area (Å²) in [6, 6.07) is 6.01. The number of aromatic nitrogens is 4. The molecule has 0 unspecified atom stereocenters. The number of hydrogen-bond acceptors (Lipinski definition) is 6. The molecule has 1 aromatic rings. The van der Waals surface area contributed by atoms with Crippen LogP contribution in [0.1, 0.15) is 24.0 Å². The zero-order chi connectivity index (χ0) is 19.8. The number of nitriles is 1. The van der Waals surface area contributed by atoms with Gasteiger partial charge in [-0.25, -0.2) is 19.2 Å². The summed E-state index contributed by atoms with van der Waals surface area (Å²) in [7, 11) is 1.62. The Labute approximate surface area is 161 Å². The maximum Gasteiger partial charge on any atom is 0.331 e. The van der Waals surface area contributed by atoms with Crippen LogP contribution in [0, 0.1) is 17.1 Å². The third-order valence-corrected chi connectivity index (χ3v) is 5.16. The van der Waals surface area contributed by atoms with Gasteiger partial charge in [-0.05, 0) is 36.6 Å². The second-order valence-corrected chi connectivity index (χ2v) is 7.06. The lowest BCUT2D eigenvalue weighted by atomic mass is 10.1. The lowest BCUT2D eigenvalue weighted by Gasteiger charge is -2.35. The van der Waals surface area contributed by atoms with E-state index in [1.807, 2.05) is 4.90 Å². The van der Waals surface area contributed by atoms with E-state index in [1.54, 1.807) is 7.05 Å². The molecule has 1 fully saturated rings. The lowest BCUT2D eigenvalue weighted by Crippen LogP contribution is -2.46. The van der Waals surface area contributed by atoms with Gasteiger partial charge in [-0.3, -0.25) is 9.13 Å². The van der Waals surface area contributed by atoms with Gasteiger partial charge < -0.3 is 10.6 Å². The largest absolute Gasteiger partial charge is 0.354 e. The van der Waals surface area contributed by atoms with Gasteiger partial charge in [0.1, 0.15) is 23.7 Å². The molecule has 1 atom stereocenters. The Morgan fingerprint density at radius 2 is 2.21 bits per heavy atom. The van der Waals surface area contributed by atoms with Crippen molar-refractivity contribution in [1.82, 2.24) is 19.1 Å². The number of benzene rings is 1. The smallest absolute Gasteiger partial charge is 0.331 e. The van der Waals surface area contributed by atoms with Gasteiger partial charge in [-0.15, -0.1) is 0 Å². The number of hydrogen-bond donors (Lipinski definition) is 1. The maximum absolute atomic E-state index is 13.8. The van der Waals surface area contributed by atoms with Crippen molar-refractivity contribution in [2.45, 2.75) is 25.4 Å². The Morgan fingerprint density at radius 1 is 1.39 bits per heavy atom. The number of imidazole rings is 1. The van der Waals surface area contributed by atoms with Crippen LogP contribution in [-0.4, -0.2) is 38.2 Å². The first kappa shape index (κ1) is 18.1. The maximum atomic E-state index is 13.8. The van der Waals surface area contributed by atoms with E-state index in [4.69, 9.17) is 5.73 Å². The molecule has 8 nitrogen and oxygen atoms in total. The molecule has 3 aliphatic heterocycles. The molecule has 3 heterocycles. The molecular formula is C19H20FN7O. The highest BCUT2D eigenvalue weighted by atomic mass is 19.1. The van der Waals surface area contributed by atoms with Crippen molar-refractivity contribution < 1.29 is 4.39 Å². The third-order valence-electron chi connectivity index (χ3n) is 5.16. The molecule has 0 spiro atoms. The predicted octanol–water partition coefficient (Wildman–Crippen LogP) is 1.07. The molecule has 3 aliphatic rings. The highest BCUT2D eigenvalue weighted by molar-refractivity contribution is 5.69. The molecule has 2 N–H and O–H groups in total. The number of nitrogens with zero attached hydrogens (tertiary/aromatic N) is 6. The van der Waals surface area contributed by atoms with Crippen LogP contribution in [0.15, 0.2) is 29.3 Å². The number of nitrogens with two attached hydrogens (primary N) is 1. The number of rotatable bonds is 3. The van der Waals surface area contributed by atoms with E-state index in [1.165, 1.54) is 33.7 Å². The molecule has 144 valence electrons. The standard InChI is InChI=1S/C19H20FN7O/c1-25-17-16(23-11-24-17)18(26-6-2-3-15(22)10-26)27(19(25)28)9-13-7-14(20)5-4-12(13)8-21/h4-5,7,11,15H,2-3,6,9-10,22H2,1H3/t15-/m1/s1. The zero-order valence-electron chi connectivity index (χ0n) is 15.5. The fraction of sp³-hybridized carbons (Fsp3) is 0.368. The first-order chi connectivity index (χ1) is 13.5. The van der Waals surface area contributed by atoms with Gasteiger partial charge in [0, 0.05) is 26.2 Å². The first-order valence-corrected chi connectivity index (χ1v) is 9.09. The van der Waals surface area contributed by atoms with E-state index in [0.29, 0.717) is 35.0 Å². The Morgan fingerprint density at radius 3 is 2.96 bits per heavy atom. The van der Waals surface area contributed by atoms with Gasteiger partial charge in [0.25, 0.3) is 0 Å².